The van der Waals surface area contributed by atoms with Crippen molar-refractivity contribution < 1.29 is 4.74 Å². The molecule has 0 bridgehead atoms. The molecule has 1 heterocycles. The Morgan fingerprint density at radius 3 is 2.94 bits per heavy atom. The number of ether oxygens (including phenoxy) is 1. The summed E-state index contributed by atoms with van der Waals surface area (Å²) in [6, 6.07) is 8.58. The van der Waals surface area contributed by atoms with Crippen molar-refractivity contribution in [3.8, 4) is 0 Å². The molecule has 1 aliphatic rings. The predicted molar refractivity (Wildman–Crippen MR) is 68.8 cm³/mol. The van der Waals surface area contributed by atoms with E-state index in [0.717, 1.165) is 13.1 Å². The van der Waals surface area contributed by atoms with E-state index >= 15 is 0 Å². The van der Waals surface area contributed by atoms with E-state index in [4.69, 9.17) is 10.5 Å². The largest absolute Gasteiger partial charge is 0.380 e. The van der Waals surface area contributed by atoms with Crippen molar-refractivity contribution in [2.24, 2.45) is 10.7 Å². The van der Waals surface area contributed by atoms with Crippen LogP contribution in [-0.4, -0.2) is 31.1 Å². The molecule has 1 atom stereocenters. The number of hydrogen-bond donors (Lipinski definition) is 1. The third kappa shape index (κ3) is 2.26. The molecule has 0 radical (unpaired) electrons. The average molecular weight is 233 g/mol. The summed E-state index contributed by atoms with van der Waals surface area (Å²) in [5.74, 6) is 0.643. The molecule has 0 fully saturated rings. The van der Waals surface area contributed by atoms with Crippen LogP contribution < -0.4 is 5.73 Å². The first-order chi connectivity index (χ1) is 8.27. The van der Waals surface area contributed by atoms with Crippen molar-refractivity contribution in [2.75, 3.05) is 20.2 Å². The molecule has 0 saturated carbocycles. The van der Waals surface area contributed by atoms with Crippen LogP contribution in [0.3, 0.4) is 0 Å². The lowest BCUT2D eigenvalue weighted by molar-refractivity contribution is 0.182. The summed E-state index contributed by atoms with van der Waals surface area (Å²) >= 11 is 0. The molecule has 4 nitrogen and oxygen atoms in total. The van der Waals surface area contributed by atoms with Gasteiger partial charge in [0.05, 0.1) is 19.2 Å². The van der Waals surface area contributed by atoms with Crippen LogP contribution in [0.1, 0.15) is 24.1 Å². The zero-order valence-corrected chi connectivity index (χ0v) is 10.4. The summed E-state index contributed by atoms with van der Waals surface area (Å²) in [4.78, 5) is 6.46. The Morgan fingerprint density at radius 2 is 2.24 bits per heavy atom. The van der Waals surface area contributed by atoms with Crippen molar-refractivity contribution in [3.63, 3.8) is 0 Å². The maximum absolute atomic E-state index is 5.89. The molecule has 0 aromatic heterocycles. The Labute approximate surface area is 102 Å². The molecule has 92 valence electrons. The van der Waals surface area contributed by atoms with Crippen LogP contribution in [-0.2, 0) is 11.3 Å². The van der Waals surface area contributed by atoms with Gasteiger partial charge < -0.3 is 15.4 Å². The highest BCUT2D eigenvalue weighted by Gasteiger charge is 2.27. The molecule has 1 unspecified atom stereocenters. The highest BCUT2D eigenvalue weighted by molar-refractivity contribution is 5.80. The van der Waals surface area contributed by atoms with Gasteiger partial charge in [0.15, 0.2) is 5.96 Å². The van der Waals surface area contributed by atoms with Crippen molar-refractivity contribution in [3.05, 3.63) is 35.4 Å². The fourth-order valence-corrected chi connectivity index (χ4v) is 2.32. The molecule has 17 heavy (non-hydrogen) atoms. The number of aliphatic imine (C=N–C) groups is 1. The fraction of sp³-hybridized carbons (Fsp3) is 0.462. The predicted octanol–water partition coefficient (Wildman–Crippen LogP) is 1.52. The number of guanidine groups is 1. The van der Waals surface area contributed by atoms with Crippen LogP contribution in [0.25, 0.3) is 0 Å². The van der Waals surface area contributed by atoms with E-state index in [1.54, 1.807) is 7.11 Å². The molecule has 1 aromatic carbocycles. The second kappa shape index (κ2) is 5.19. The number of nitrogens with zero attached hydrogens (tertiary/aromatic N) is 2. The highest BCUT2D eigenvalue weighted by atomic mass is 16.5. The maximum Gasteiger partial charge on any atom is 0.191 e. The van der Waals surface area contributed by atoms with E-state index in [1.807, 2.05) is 6.07 Å². The molecule has 0 amide bonds. The molecule has 1 aromatic rings. The van der Waals surface area contributed by atoms with Gasteiger partial charge in [-0.15, -0.1) is 0 Å². The number of rotatable bonds is 4. The first kappa shape index (κ1) is 11.9. The topological polar surface area (TPSA) is 50.8 Å². The van der Waals surface area contributed by atoms with Gasteiger partial charge in [-0.25, -0.2) is 0 Å². The van der Waals surface area contributed by atoms with E-state index in [-0.39, 0.29) is 6.04 Å². The lowest BCUT2D eigenvalue weighted by Gasteiger charge is -2.26. The summed E-state index contributed by atoms with van der Waals surface area (Å²) in [6.45, 7) is 4.34. The van der Waals surface area contributed by atoms with Gasteiger partial charge in [-0.1, -0.05) is 24.3 Å². The second-order valence-electron chi connectivity index (χ2n) is 4.13. The van der Waals surface area contributed by atoms with E-state index in [9.17, 15) is 0 Å². The van der Waals surface area contributed by atoms with Gasteiger partial charge in [0.2, 0.25) is 0 Å². The van der Waals surface area contributed by atoms with Crippen molar-refractivity contribution >= 4 is 5.96 Å². The molecule has 1 aliphatic heterocycles. The monoisotopic (exact) mass is 233 g/mol. The van der Waals surface area contributed by atoms with Gasteiger partial charge in [0.1, 0.15) is 0 Å². The third-order valence-corrected chi connectivity index (χ3v) is 3.15. The first-order valence-corrected chi connectivity index (χ1v) is 5.91. The van der Waals surface area contributed by atoms with Crippen LogP contribution in [0.5, 0.6) is 0 Å². The van der Waals surface area contributed by atoms with E-state index < -0.39 is 0 Å². The Morgan fingerprint density at radius 1 is 1.47 bits per heavy atom. The molecule has 2 N–H and O–H groups in total. The molecule has 0 saturated heterocycles. The smallest absolute Gasteiger partial charge is 0.191 e. The van der Waals surface area contributed by atoms with E-state index in [2.05, 4.69) is 35.0 Å². The second-order valence-corrected chi connectivity index (χ2v) is 4.13. The lowest BCUT2D eigenvalue weighted by Crippen LogP contribution is -2.36. The number of likely N-dealkylation sites (N-methyl/N-ethyl adjacent to an activating group) is 1. The molecule has 4 heteroatoms. The Hall–Kier alpha value is -1.55. The van der Waals surface area contributed by atoms with Crippen molar-refractivity contribution in [1.82, 2.24) is 4.90 Å². The van der Waals surface area contributed by atoms with E-state index in [0.29, 0.717) is 12.6 Å². The first-order valence-electron chi connectivity index (χ1n) is 5.91. The van der Waals surface area contributed by atoms with Gasteiger partial charge in [-0.2, -0.15) is 0 Å². The summed E-state index contributed by atoms with van der Waals surface area (Å²) in [5.41, 5.74) is 8.36. The molecular formula is C13H19N3O. The quantitative estimate of drug-likeness (QED) is 0.858. The zero-order chi connectivity index (χ0) is 12.3. The lowest BCUT2D eigenvalue weighted by atomic mass is 10.00. The Balaban J connectivity index is 2.28. The number of hydrogen-bond acceptors (Lipinski definition) is 4. The minimum atomic E-state index is 0.256. The van der Waals surface area contributed by atoms with E-state index in [1.165, 1.54) is 11.1 Å². The summed E-state index contributed by atoms with van der Waals surface area (Å²) in [7, 11) is 1.72. The van der Waals surface area contributed by atoms with Crippen LogP contribution in [0, 0.1) is 0 Å². The van der Waals surface area contributed by atoms with Gasteiger partial charge in [-0.05, 0) is 18.1 Å². The van der Waals surface area contributed by atoms with Gasteiger partial charge in [0.25, 0.3) is 0 Å². The number of methoxy groups -OCH3 is 1. The van der Waals surface area contributed by atoms with Gasteiger partial charge in [-0.3, -0.25) is 4.99 Å². The fourth-order valence-electron chi connectivity index (χ4n) is 2.32. The summed E-state index contributed by atoms with van der Waals surface area (Å²) < 4.78 is 5.24. The van der Waals surface area contributed by atoms with Gasteiger partial charge in [0, 0.05) is 13.7 Å². The molecule has 2 rings (SSSR count). The number of benzene rings is 1. The minimum absolute atomic E-state index is 0.256. The standard InChI is InChI=1S/C13H19N3O/c1-3-16-12(8-15-13(16)14)11-7-5-4-6-10(11)9-17-2/h4-7,12H,3,8-9H2,1-2H3,(H2,14,15). The van der Waals surface area contributed by atoms with Crippen molar-refractivity contribution in [2.45, 2.75) is 19.6 Å². The van der Waals surface area contributed by atoms with Crippen LogP contribution in [0.15, 0.2) is 29.3 Å². The zero-order valence-electron chi connectivity index (χ0n) is 10.4. The van der Waals surface area contributed by atoms with Crippen LogP contribution in [0.4, 0.5) is 0 Å². The van der Waals surface area contributed by atoms with Crippen molar-refractivity contribution in [1.29, 1.82) is 0 Å². The highest BCUT2D eigenvalue weighted by Crippen LogP contribution is 2.28. The maximum atomic E-state index is 5.89. The third-order valence-electron chi connectivity index (χ3n) is 3.15. The van der Waals surface area contributed by atoms with Crippen LogP contribution >= 0.6 is 0 Å². The number of nitrogens with two attached hydrogens (primary N) is 1. The Bertz CT molecular complexity index is 417. The van der Waals surface area contributed by atoms with Gasteiger partial charge >= 0.3 is 0 Å². The molecule has 0 aliphatic carbocycles. The summed E-state index contributed by atoms with van der Waals surface area (Å²) in [6.07, 6.45) is 0. The SMILES string of the molecule is CCN1C(N)=NCC1c1ccccc1COC. The average Bonchev–Trinajstić information content (AvgIpc) is 2.71. The Kier molecular flexibility index (Phi) is 3.64. The molecule has 0 spiro atoms. The molecular weight excluding hydrogens is 214 g/mol. The normalized spacial score (nSPS) is 19.5. The summed E-state index contributed by atoms with van der Waals surface area (Å²) in [5, 5.41) is 0. The van der Waals surface area contributed by atoms with Crippen LogP contribution in [0.2, 0.25) is 0 Å². The minimum Gasteiger partial charge on any atom is -0.380 e.